The van der Waals surface area contributed by atoms with Gasteiger partial charge in [0, 0.05) is 57.8 Å². The van der Waals surface area contributed by atoms with E-state index in [0.29, 0.717) is 6.42 Å². The summed E-state index contributed by atoms with van der Waals surface area (Å²) in [4.78, 5) is 10.3. The van der Waals surface area contributed by atoms with Gasteiger partial charge in [0.1, 0.15) is 0 Å². The molecular weight excluding hydrogens is 303 g/mol. The number of carboxylic acid groups (broad SMARTS) is 1. The number of aliphatic carboxylic acids is 1. The summed E-state index contributed by atoms with van der Waals surface area (Å²) < 4.78 is 0. The summed E-state index contributed by atoms with van der Waals surface area (Å²) in [5.41, 5.74) is 0. The molecule has 127 valence electrons. The first-order valence-electron chi connectivity index (χ1n) is 9.06. The van der Waals surface area contributed by atoms with Gasteiger partial charge < -0.3 is 10.2 Å². The van der Waals surface area contributed by atoms with Crippen molar-refractivity contribution in [3.05, 3.63) is 0 Å². The Kier molecular flexibility index (Phi) is 23.1. The van der Waals surface area contributed by atoms with Crippen LogP contribution in [-0.2, 0) is 4.79 Å². The van der Waals surface area contributed by atoms with Crippen molar-refractivity contribution < 1.29 is 15.0 Å². The first kappa shape index (κ1) is 25.3. The van der Waals surface area contributed by atoms with Crippen LogP contribution in [0.25, 0.3) is 0 Å². The quantitative estimate of drug-likeness (QED) is 0.310. The minimum absolute atomic E-state index is 0. The number of rotatable bonds is 16. The van der Waals surface area contributed by atoms with Crippen molar-refractivity contribution in [3.8, 4) is 0 Å². The van der Waals surface area contributed by atoms with Crippen LogP contribution in [-0.4, -0.2) is 73.7 Å². The molecule has 0 spiro atoms. The molecule has 0 aliphatic rings. The van der Waals surface area contributed by atoms with Gasteiger partial charge in [-0.15, -0.1) is 0 Å². The van der Waals surface area contributed by atoms with E-state index < -0.39 is 5.97 Å². The molecule has 0 aromatic rings. The molecule has 0 aromatic heterocycles. The fourth-order valence-corrected chi connectivity index (χ4v) is 2.67. The smallest absolute Gasteiger partial charge is 0.303 e. The van der Waals surface area contributed by atoms with Gasteiger partial charge in [-0.05, 0) is 19.3 Å². The van der Waals surface area contributed by atoms with Gasteiger partial charge in [0.15, 0.2) is 0 Å². The zero-order chi connectivity index (χ0) is 15.8. The summed E-state index contributed by atoms with van der Waals surface area (Å²) in [5, 5.41) is 18.4. The van der Waals surface area contributed by atoms with Crippen molar-refractivity contribution in [3.63, 3.8) is 0 Å². The van der Waals surface area contributed by atoms with E-state index in [1.807, 2.05) is 0 Å². The molecule has 0 saturated carbocycles. The van der Waals surface area contributed by atoms with Gasteiger partial charge in [-0.2, -0.15) is 0 Å². The third-order valence-electron chi connectivity index (χ3n) is 4.07. The maximum Gasteiger partial charge on any atom is 0.303 e. The second-order valence-electron chi connectivity index (χ2n) is 6.26. The summed E-state index contributed by atoms with van der Waals surface area (Å²) >= 11 is 0. The number of aliphatic hydroxyl groups is 1. The van der Waals surface area contributed by atoms with Crippen molar-refractivity contribution in [1.29, 1.82) is 0 Å². The number of unbranched alkanes of at least 4 members (excludes halogenated alkanes) is 10. The SMILES string of the molecule is CCCCCCC(O)CCCCCCCCCCC(=O)O.[K]. The molecule has 0 aliphatic carbocycles. The summed E-state index contributed by atoms with van der Waals surface area (Å²) in [6.45, 7) is 2.21. The number of aliphatic hydroxyl groups excluding tert-OH is 1. The summed E-state index contributed by atoms with van der Waals surface area (Å²) in [6, 6.07) is 0. The normalized spacial score (nSPS) is 11.9. The van der Waals surface area contributed by atoms with Gasteiger partial charge in [-0.25, -0.2) is 0 Å². The van der Waals surface area contributed by atoms with E-state index in [-0.39, 0.29) is 57.5 Å². The Balaban J connectivity index is 0. The molecule has 1 unspecified atom stereocenters. The van der Waals surface area contributed by atoms with Crippen LogP contribution in [0.4, 0.5) is 0 Å². The van der Waals surface area contributed by atoms with E-state index >= 15 is 0 Å². The molecule has 1 atom stereocenters. The molecule has 0 aliphatic heterocycles. The van der Waals surface area contributed by atoms with E-state index in [0.717, 1.165) is 38.5 Å². The minimum Gasteiger partial charge on any atom is -0.481 e. The van der Waals surface area contributed by atoms with Crippen molar-refractivity contribution in [2.24, 2.45) is 0 Å². The summed E-state index contributed by atoms with van der Waals surface area (Å²) in [6.07, 6.45) is 16.3. The molecule has 1 radical (unpaired) electrons. The topological polar surface area (TPSA) is 57.5 Å². The maximum absolute atomic E-state index is 10.3. The molecule has 0 bridgehead atoms. The fourth-order valence-electron chi connectivity index (χ4n) is 2.67. The Morgan fingerprint density at radius 1 is 0.773 bits per heavy atom. The second kappa shape index (κ2) is 20.1. The largest absolute Gasteiger partial charge is 0.481 e. The van der Waals surface area contributed by atoms with Gasteiger partial charge in [0.2, 0.25) is 0 Å². The third kappa shape index (κ3) is 21.1. The Hall–Kier alpha value is 1.07. The van der Waals surface area contributed by atoms with Crippen LogP contribution in [0.3, 0.4) is 0 Å². The third-order valence-corrected chi connectivity index (χ3v) is 4.07. The molecule has 0 aromatic carbocycles. The van der Waals surface area contributed by atoms with Crippen LogP contribution in [0.2, 0.25) is 0 Å². The first-order valence-corrected chi connectivity index (χ1v) is 9.06. The average Bonchev–Trinajstić information content (AvgIpc) is 2.45. The molecular formula is C18H36KO3. The Morgan fingerprint density at radius 3 is 1.64 bits per heavy atom. The standard InChI is InChI=1S/C18H36O3.K/c1-2-3-4-11-14-17(19)15-12-9-7-5-6-8-10-13-16-18(20)21;/h17,19H,2-16H2,1H3,(H,20,21);. The maximum atomic E-state index is 10.3. The van der Waals surface area contributed by atoms with E-state index in [2.05, 4.69) is 6.92 Å². The van der Waals surface area contributed by atoms with Crippen LogP contribution in [0.1, 0.15) is 103 Å². The monoisotopic (exact) mass is 339 g/mol. The van der Waals surface area contributed by atoms with E-state index in [4.69, 9.17) is 5.11 Å². The van der Waals surface area contributed by atoms with E-state index in [1.54, 1.807) is 0 Å². The van der Waals surface area contributed by atoms with Crippen LogP contribution in [0.15, 0.2) is 0 Å². The van der Waals surface area contributed by atoms with E-state index in [1.165, 1.54) is 51.4 Å². The van der Waals surface area contributed by atoms with Crippen LogP contribution < -0.4 is 0 Å². The first-order chi connectivity index (χ1) is 10.2. The van der Waals surface area contributed by atoms with Gasteiger partial charge in [-0.3, -0.25) is 4.79 Å². The summed E-state index contributed by atoms with van der Waals surface area (Å²) in [7, 11) is 0. The van der Waals surface area contributed by atoms with Gasteiger partial charge >= 0.3 is 5.97 Å². The van der Waals surface area contributed by atoms with Crippen LogP contribution in [0, 0.1) is 0 Å². The van der Waals surface area contributed by atoms with Crippen molar-refractivity contribution in [2.75, 3.05) is 0 Å². The minimum atomic E-state index is -0.678. The average molecular weight is 340 g/mol. The number of carbonyl (C=O) groups is 1. The van der Waals surface area contributed by atoms with Crippen LogP contribution in [0.5, 0.6) is 0 Å². The van der Waals surface area contributed by atoms with Gasteiger partial charge in [0.25, 0.3) is 0 Å². The number of hydrogen-bond acceptors (Lipinski definition) is 2. The predicted octanol–water partition coefficient (Wildman–Crippen LogP) is 4.92. The van der Waals surface area contributed by atoms with Crippen molar-refractivity contribution >= 4 is 57.4 Å². The summed E-state index contributed by atoms with van der Waals surface area (Å²) in [5.74, 6) is -0.678. The van der Waals surface area contributed by atoms with Crippen molar-refractivity contribution in [1.82, 2.24) is 0 Å². The zero-order valence-corrected chi connectivity index (χ0v) is 18.1. The molecule has 3 nitrogen and oxygen atoms in total. The van der Waals surface area contributed by atoms with Crippen molar-refractivity contribution in [2.45, 2.75) is 109 Å². The fraction of sp³-hybridized carbons (Fsp3) is 0.944. The predicted molar refractivity (Wildman–Crippen MR) is 94.3 cm³/mol. The Bertz CT molecular complexity index is 234. The van der Waals surface area contributed by atoms with E-state index in [9.17, 15) is 9.90 Å². The molecule has 2 N–H and O–H groups in total. The molecule has 0 amide bonds. The number of hydrogen-bond donors (Lipinski definition) is 2. The molecule has 0 saturated heterocycles. The van der Waals surface area contributed by atoms with Gasteiger partial charge in [-0.1, -0.05) is 77.6 Å². The number of carboxylic acids is 1. The molecule has 0 rings (SSSR count). The zero-order valence-electron chi connectivity index (χ0n) is 15.0. The second-order valence-corrected chi connectivity index (χ2v) is 6.26. The Labute approximate surface area is 180 Å². The molecule has 0 fully saturated rings. The Morgan fingerprint density at radius 2 is 1.18 bits per heavy atom. The molecule has 4 heteroatoms. The van der Waals surface area contributed by atoms with Crippen LogP contribution >= 0.6 is 0 Å². The molecule has 22 heavy (non-hydrogen) atoms. The van der Waals surface area contributed by atoms with Gasteiger partial charge in [0.05, 0.1) is 6.10 Å². The molecule has 0 heterocycles.